The highest BCUT2D eigenvalue weighted by Crippen LogP contribution is 2.37. The smallest absolute Gasteiger partial charge is 0.251 e. The van der Waals surface area contributed by atoms with Crippen LogP contribution in [0.15, 0.2) is 24.3 Å². The number of anilines is 1. The Morgan fingerprint density at radius 3 is 2.60 bits per heavy atom. The second kappa shape index (κ2) is 5.83. The maximum absolute atomic E-state index is 12.3. The van der Waals surface area contributed by atoms with Gasteiger partial charge in [0.15, 0.2) is 0 Å². The summed E-state index contributed by atoms with van der Waals surface area (Å²) in [5, 5.41) is 12.6. The number of rotatable bonds is 4. The lowest BCUT2D eigenvalue weighted by Gasteiger charge is -2.30. The van der Waals surface area contributed by atoms with E-state index < -0.39 is 0 Å². The number of amides is 1. The van der Waals surface area contributed by atoms with Crippen molar-refractivity contribution < 1.29 is 9.90 Å². The summed E-state index contributed by atoms with van der Waals surface area (Å²) in [5.74, 6) is -0.0538. The lowest BCUT2D eigenvalue weighted by atomic mass is 9.85. The van der Waals surface area contributed by atoms with Crippen molar-refractivity contribution in [3.63, 3.8) is 0 Å². The normalized spacial score (nSPS) is 25.5. The first-order chi connectivity index (χ1) is 9.46. The number of aliphatic hydroxyl groups excluding tert-OH is 1. The number of hydrogen-bond donors (Lipinski definition) is 2. The predicted octanol–water partition coefficient (Wildman–Crippen LogP) is 2.03. The van der Waals surface area contributed by atoms with Gasteiger partial charge in [-0.05, 0) is 37.1 Å². The zero-order valence-electron chi connectivity index (χ0n) is 12.5. The third kappa shape index (κ3) is 2.96. The quantitative estimate of drug-likeness (QED) is 0.885. The molecule has 2 rings (SSSR count). The summed E-state index contributed by atoms with van der Waals surface area (Å²) in [6, 6.07) is 7.63. The highest BCUT2D eigenvalue weighted by molar-refractivity contribution is 5.94. The van der Waals surface area contributed by atoms with E-state index in [1.54, 1.807) is 0 Å². The molecule has 1 fully saturated rings. The van der Waals surface area contributed by atoms with Crippen LogP contribution in [0.3, 0.4) is 0 Å². The summed E-state index contributed by atoms with van der Waals surface area (Å²) in [5.41, 5.74) is 1.56. The Hall–Kier alpha value is -1.55. The topological polar surface area (TPSA) is 52.6 Å². The van der Waals surface area contributed by atoms with E-state index in [9.17, 15) is 9.90 Å². The fourth-order valence-electron chi connectivity index (χ4n) is 2.82. The summed E-state index contributed by atoms with van der Waals surface area (Å²) >= 11 is 0. The molecule has 0 spiro atoms. The fourth-order valence-corrected chi connectivity index (χ4v) is 2.82. The summed E-state index contributed by atoms with van der Waals surface area (Å²) < 4.78 is 0. The van der Waals surface area contributed by atoms with Crippen molar-refractivity contribution in [2.24, 2.45) is 5.41 Å². The van der Waals surface area contributed by atoms with E-state index in [1.807, 2.05) is 50.2 Å². The minimum absolute atomic E-state index is 0.0538. The predicted molar refractivity (Wildman–Crippen MR) is 81.1 cm³/mol. The van der Waals surface area contributed by atoms with E-state index in [0.717, 1.165) is 24.9 Å². The van der Waals surface area contributed by atoms with Gasteiger partial charge in [-0.3, -0.25) is 4.79 Å². The Balaban J connectivity index is 2.05. The van der Waals surface area contributed by atoms with Crippen LogP contribution < -0.4 is 10.2 Å². The molecule has 0 heterocycles. The van der Waals surface area contributed by atoms with Crippen molar-refractivity contribution in [3.8, 4) is 0 Å². The molecule has 0 bridgehead atoms. The van der Waals surface area contributed by atoms with Gasteiger partial charge in [-0.1, -0.05) is 13.3 Å². The summed E-state index contributed by atoms with van der Waals surface area (Å²) in [4.78, 5) is 14.3. The first-order valence-corrected chi connectivity index (χ1v) is 7.15. The third-order valence-corrected chi connectivity index (χ3v) is 4.39. The molecule has 1 aromatic rings. The summed E-state index contributed by atoms with van der Waals surface area (Å²) in [6.45, 7) is 2.16. The maximum Gasteiger partial charge on any atom is 0.251 e. The van der Waals surface area contributed by atoms with E-state index in [4.69, 9.17) is 0 Å². The van der Waals surface area contributed by atoms with Gasteiger partial charge in [-0.25, -0.2) is 0 Å². The number of hydrogen-bond acceptors (Lipinski definition) is 3. The average molecular weight is 276 g/mol. The van der Waals surface area contributed by atoms with E-state index in [0.29, 0.717) is 5.56 Å². The van der Waals surface area contributed by atoms with E-state index in [1.165, 1.54) is 0 Å². The lowest BCUT2D eigenvalue weighted by molar-refractivity contribution is 0.0830. The first kappa shape index (κ1) is 14.9. The molecule has 0 saturated heterocycles. The van der Waals surface area contributed by atoms with Crippen LogP contribution in [-0.2, 0) is 0 Å². The Labute approximate surface area is 120 Å². The Morgan fingerprint density at radius 1 is 1.40 bits per heavy atom. The van der Waals surface area contributed by atoms with Crippen molar-refractivity contribution in [1.29, 1.82) is 0 Å². The zero-order valence-corrected chi connectivity index (χ0v) is 12.5. The molecular formula is C16H24N2O2. The monoisotopic (exact) mass is 276 g/mol. The van der Waals surface area contributed by atoms with Crippen LogP contribution >= 0.6 is 0 Å². The van der Waals surface area contributed by atoms with Gasteiger partial charge in [-0.15, -0.1) is 0 Å². The standard InChI is InChI=1S/C16H24N2O2/c1-16(11-19)10-4-5-14(16)17-15(20)12-6-8-13(9-7-12)18(2)3/h6-9,14,19H,4-5,10-11H2,1-3H3,(H,17,20). The number of carbonyl (C=O) groups is 1. The van der Waals surface area contributed by atoms with Crippen LogP contribution in [0, 0.1) is 5.41 Å². The number of benzene rings is 1. The van der Waals surface area contributed by atoms with Gasteiger partial charge in [0.2, 0.25) is 0 Å². The van der Waals surface area contributed by atoms with Crippen LogP contribution in [0.5, 0.6) is 0 Å². The number of nitrogens with one attached hydrogen (secondary N) is 1. The minimum atomic E-state index is -0.181. The van der Waals surface area contributed by atoms with E-state index in [-0.39, 0.29) is 24.0 Å². The molecular weight excluding hydrogens is 252 g/mol. The molecule has 1 amide bonds. The summed E-state index contributed by atoms with van der Waals surface area (Å²) in [6.07, 6.45) is 2.97. The second-order valence-corrected chi connectivity index (χ2v) is 6.17. The van der Waals surface area contributed by atoms with Gasteiger partial charge < -0.3 is 15.3 Å². The SMILES string of the molecule is CN(C)c1ccc(C(=O)NC2CCCC2(C)CO)cc1. The second-order valence-electron chi connectivity index (χ2n) is 6.17. The van der Waals surface area contributed by atoms with Gasteiger partial charge in [0.25, 0.3) is 5.91 Å². The lowest BCUT2D eigenvalue weighted by Crippen LogP contribution is -2.44. The first-order valence-electron chi connectivity index (χ1n) is 7.15. The zero-order chi connectivity index (χ0) is 14.8. The molecule has 0 radical (unpaired) electrons. The highest BCUT2D eigenvalue weighted by atomic mass is 16.3. The van der Waals surface area contributed by atoms with Gasteiger partial charge in [0.1, 0.15) is 0 Å². The number of nitrogens with zero attached hydrogens (tertiary/aromatic N) is 1. The largest absolute Gasteiger partial charge is 0.396 e. The van der Waals surface area contributed by atoms with Crippen molar-refractivity contribution in [3.05, 3.63) is 29.8 Å². The van der Waals surface area contributed by atoms with Gasteiger partial charge in [-0.2, -0.15) is 0 Å². The minimum Gasteiger partial charge on any atom is -0.396 e. The molecule has 4 nitrogen and oxygen atoms in total. The molecule has 1 saturated carbocycles. The molecule has 1 aromatic carbocycles. The highest BCUT2D eigenvalue weighted by Gasteiger charge is 2.39. The average Bonchev–Trinajstić information content (AvgIpc) is 2.81. The maximum atomic E-state index is 12.3. The molecule has 2 N–H and O–H groups in total. The molecule has 0 aromatic heterocycles. The van der Waals surface area contributed by atoms with Crippen LogP contribution in [-0.4, -0.2) is 37.8 Å². The van der Waals surface area contributed by atoms with Gasteiger partial charge >= 0.3 is 0 Å². The van der Waals surface area contributed by atoms with Crippen molar-refractivity contribution >= 4 is 11.6 Å². The van der Waals surface area contributed by atoms with Crippen LogP contribution in [0.25, 0.3) is 0 Å². The van der Waals surface area contributed by atoms with Crippen LogP contribution in [0.2, 0.25) is 0 Å². The van der Waals surface area contributed by atoms with Gasteiger partial charge in [0, 0.05) is 36.8 Å². The molecule has 1 aliphatic rings. The third-order valence-electron chi connectivity index (χ3n) is 4.39. The molecule has 110 valence electrons. The van der Waals surface area contributed by atoms with Crippen molar-refractivity contribution in [1.82, 2.24) is 5.32 Å². The molecule has 2 unspecified atom stereocenters. The van der Waals surface area contributed by atoms with Crippen LogP contribution in [0.1, 0.15) is 36.5 Å². The van der Waals surface area contributed by atoms with Gasteiger partial charge in [0.05, 0.1) is 6.61 Å². The van der Waals surface area contributed by atoms with Crippen molar-refractivity contribution in [2.75, 3.05) is 25.6 Å². The fraction of sp³-hybridized carbons (Fsp3) is 0.562. The summed E-state index contributed by atoms with van der Waals surface area (Å²) in [7, 11) is 3.95. The molecule has 1 aliphatic carbocycles. The van der Waals surface area contributed by atoms with Crippen molar-refractivity contribution in [2.45, 2.75) is 32.2 Å². The Morgan fingerprint density at radius 2 is 2.05 bits per heavy atom. The molecule has 20 heavy (non-hydrogen) atoms. The Bertz CT molecular complexity index is 470. The molecule has 4 heteroatoms. The number of aliphatic hydroxyl groups is 1. The number of carbonyl (C=O) groups excluding carboxylic acids is 1. The van der Waals surface area contributed by atoms with E-state index in [2.05, 4.69) is 5.32 Å². The van der Waals surface area contributed by atoms with E-state index >= 15 is 0 Å². The molecule has 2 atom stereocenters. The molecule has 0 aliphatic heterocycles. The van der Waals surface area contributed by atoms with Crippen LogP contribution in [0.4, 0.5) is 5.69 Å². The Kier molecular flexibility index (Phi) is 4.33.